The van der Waals surface area contributed by atoms with Crippen LogP contribution in [0.1, 0.15) is 35.3 Å². The number of fused-ring (bicyclic) bond motifs is 1. The molecule has 2 atom stereocenters. The largest absolute Gasteiger partial charge is 0.485 e. The Morgan fingerprint density at radius 2 is 1.89 bits per heavy atom. The molecule has 1 unspecified atom stereocenters. The second-order valence-electron chi connectivity index (χ2n) is 4.90. The van der Waals surface area contributed by atoms with Crippen molar-refractivity contribution in [3.8, 4) is 5.75 Å². The quantitative estimate of drug-likeness (QED) is 0.826. The molecule has 3 rings (SSSR count). The lowest BCUT2D eigenvalue weighted by atomic mass is 9.93. The van der Waals surface area contributed by atoms with Crippen molar-refractivity contribution >= 4 is 0 Å². The van der Waals surface area contributed by atoms with Crippen molar-refractivity contribution in [1.29, 1.82) is 0 Å². The molecule has 0 saturated carbocycles. The van der Waals surface area contributed by atoms with Gasteiger partial charge in [0.1, 0.15) is 11.9 Å². The molecule has 18 heavy (non-hydrogen) atoms. The van der Waals surface area contributed by atoms with Gasteiger partial charge in [-0.25, -0.2) is 0 Å². The van der Waals surface area contributed by atoms with E-state index in [1.807, 2.05) is 24.3 Å². The molecule has 0 aromatic heterocycles. The third-order valence-electron chi connectivity index (χ3n) is 3.47. The predicted molar refractivity (Wildman–Crippen MR) is 72.5 cm³/mol. The maximum atomic E-state index is 6.26. The van der Waals surface area contributed by atoms with Crippen molar-refractivity contribution in [3.05, 3.63) is 65.2 Å². The summed E-state index contributed by atoms with van der Waals surface area (Å²) in [5.74, 6) is 0.924. The van der Waals surface area contributed by atoms with Crippen LogP contribution in [0.5, 0.6) is 5.75 Å². The average Bonchev–Trinajstić information content (AvgIpc) is 2.40. The zero-order valence-electron chi connectivity index (χ0n) is 10.5. The second kappa shape index (κ2) is 4.46. The first-order valence-electron chi connectivity index (χ1n) is 6.32. The molecule has 0 aliphatic carbocycles. The van der Waals surface area contributed by atoms with Crippen molar-refractivity contribution in [3.63, 3.8) is 0 Å². The van der Waals surface area contributed by atoms with Crippen LogP contribution in [0, 0.1) is 6.92 Å². The number of aryl methyl sites for hydroxylation is 1. The van der Waals surface area contributed by atoms with Crippen molar-refractivity contribution in [2.45, 2.75) is 25.5 Å². The minimum absolute atomic E-state index is 0.0545. The Morgan fingerprint density at radius 1 is 1.11 bits per heavy atom. The zero-order valence-corrected chi connectivity index (χ0v) is 10.5. The molecule has 0 spiro atoms. The van der Waals surface area contributed by atoms with E-state index in [1.165, 1.54) is 11.1 Å². The van der Waals surface area contributed by atoms with Gasteiger partial charge in [-0.2, -0.15) is 0 Å². The lowest BCUT2D eigenvalue weighted by Gasteiger charge is -2.30. The van der Waals surface area contributed by atoms with E-state index in [9.17, 15) is 0 Å². The van der Waals surface area contributed by atoms with Crippen LogP contribution in [-0.4, -0.2) is 0 Å². The van der Waals surface area contributed by atoms with E-state index in [0.717, 1.165) is 17.7 Å². The minimum Gasteiger partial charge on any atom is -0.485 e. The van der Waals surface area contributed by atoms with Crippen LogP contribution in [0.25, 0.3) is 0 Å². The molecule has 1 heterocycles. The molecule has 2 N–H and O–H groups in total. The van der Waals surface area contributed by atoms with Crippen LogP contribution >= 0.6 is 0 Å². The first kappa shape index (κ1) is 11.3. The molecule has 0 fully saturated rings. The third kappa shape index (κ3) is 2.00. The van der Waals surface area contributed by atoms with Crippen LogP contribution < -0.4 is 10.5 Å². The molecule has 0 bridgehead atoms. The highest BCUT2D eigenvalue weighted by atomic mass is 16.5. The summed E-state index contributed by atoms with van der Waals surface area (Å²) < 4.78 is 6.06. The highest BCUT2D eigenvalue weighted by Gasteiger charge is 2.26. The standard InChI is InChI=1S/C16H17NO/c1-11-7-8-15-13(9-11)14(17)10-16(18-15)12-5-3-2-4-6-12/h2-9,14,16H,10,17H2,1H3/t14-,16?/m1/s1. The van der Waals surface area contributed by atoms with E-state index in [-0.39, 0.29) is 12.1 Å². The van der Waals surface area contributed by atoms with Crippen LogP contribution in [0.4, 0.5) is 0 Å². The summed E-state index contributed by atoms with van der Waals surface area (Å²) in [5, 5.41) is 0. The molecule has 0 amide bonds. The van der Waals surface area contributed by atoms with Gasteiger partial charge in [0.25, 0.3) is 0 Å². The van der Waals surface area contributed by atoms with Crippen LogP contribution in [0.2, 0.25) is 0 Å². The molecule has 1 aliphatic heterocycles. The van der Waals surface area contributed by atoms with E-state index in [1.54, 1.807) is 0 Å². The summed E-state index contributed by atoms with van der Waals surface area (Å²) >= 11 is 0. The molecule has 0 saturated heterocycles. The molecular formula is C16H17NO. The number of benzene rings is 2. The fourth-order valence-electron chi connectivity index (χ4n) is 2.50. The molecule has 1 aliphatic rings. The summed E-state index contributed by atoms with van der Waals surface area (Å²) in [6, 6.07) is 16.6. The topological polar surface area (TPSA) is 35.2 Å². The van der Waals surface area contributed by atoms with Gasteiger partial charge in [-0.05, 0) is 18.6 Å². The highest BCUT2D eigenvalue weighted by Crippen LogP contribution is 2.39. The van der Waals surface area contributed by atoms with Crippen LogP contribution in [0.15, 0.2) is 48.5 Å². The van der Waals surface area contributed by atoms with Gasteiger partial charge in [-0.1, -0.05) is 48.0 Å². The minimum atomic E-state index is 0.0545. The Kier molecular flexibility index (Phi) is 2.80. The van der Waals surface area contributed by atoms with E-state index < -0.39 is 0 Å². The van der Waals surface area contributed by atoms with Crippen molar-refractivity contribution in [2.24, 2.45) is 5.73 Å². The lowest BCUT2D eigenvalue weighted by molar-refractivity contribution is 0.161. The van der Waals surface area contributed by atoms with Crippen LogP contribution in [-0.2, 0) is 0 Å². The summed E-state index contributed by atoms with van der Waals surface area (Å²) in [6.07, 6.45) is 0.900. The molecule has 0 radical (unpaired) electrons. The molecule has 2 aromatic carbocycles. The molecule has 2 nitrogen and oxygen atoms in total. The molecule has 2 heteroatoms. The van der Waals surface area contributed by atoms with E-state index in [2.05, 4.69) is 31.2 Å². The maximum absolute atomic E-state index is 6.26. The highest BCUT2D eigenvalue weighted by molar-refractivity contribution is 5.41. The Bertz CT molecular complexity index is 550. The Labute approximate surface area is 107 Å². The molecular weight excluding hydrogens is 222 g/mol. The molecule has 2 aromatic rings. The van der Waals surface area contributed by atoms with Crippen molar-refractivity contribution in [1.82, 2.24) is 0 Å². The third-order valence-corrected chi connectivity index (χ3v) is 3.47. The summed E-state index contributed by atoms with van der Waals surface area (Å²) in [6.45, 7) is 2.08. The fourth-order valence-corrected chi connectivity index (χ4v) is 2.50. The number of ether oxygens (including phenoxy) is 1. The normalized spacial score (nSPS) is 22.1. The number of hydrogen-bond acceptors (Lipinski definition) is 2. The molecule has 92 valence electrons. The zero-order chi connectivity index (χ0) is 12.5. The monoisotopic (exact) mass is 239 g/mol. The van der Waals surface area contributed by atoms with Gasteiger partial charge in [0.15, 0.2) is 0 Å². The van der Waals surface area contributed by atoms with Gasteiger partial charge in [-0.3, -0.25) is 0 Å². The van der Waals surface area contributed by atoms with Gasteiger partial charge in [0.05, 0.1) is 0 Å². The number of hydrogen-bond donors (Lipinski definition) is 1. The van der Waals surface area contributed by atoms with E-state index in [4.69, 9.17) is 10.5 Å². The van der Waals surface area contributed by atoms with Gasteiger partial charge in [0, 0.05) is 18.0 Å². The van der Waals surface area contributed by atoms with E-state index >= 15 is 0 Å². The van der Waals surface area contributed by atoms with Crippen LogP contribution in [0.3, 0.4) is 0 Å². The summed E-state index contributed by atoms with van der Waals surface area (Å²) in [7, 11) is 0. The summed E-state index contributed by atoms with van der Waals surface area (Å²) in [4.78, 5) is 0. The van der Waals surface area contributed by atoms with E-state index in [0.29, 0.717) is 0 Å². The Hall–Kier alpha value is -1.80. The SMILES string of the molecule is Cc1ccc2c(c1)[C@H](N)CC(c1ccccc1)O2. The number of rotatable bonds is 1. The first-order valence-corrected chi connectivity index (χ1v) is 6.32. The van der Waals surface area contributed by atoms with Gasteiger partial charge >= 0.3 is 0 Å². The smallest absolute Gasteiger partial charge is 0.126 e. The van der Waals surface area contributed by atoms with Gasteiger partial charge < -0.3 is 10.5 Å². The number of nitrogens with two attached hydrogens (primary N) is 1. The fraction of sp³-hybridized carbons (Fsp3) is 0.250. The Morgan fingerprint density at radius 3 is 2.67 bits per heavy atom. The Balaban J connectivity index is 1.95. The predicted octanol–water partition coefficient (Wildman–Crippen LogP) is 3.52. The van der Waals surface area contributed by atoms with Gasteiger partial charge in [0.2, 0.25) is 0 Å². The first-order chi connectivity index (χ1) is 8.74. The summed E-state index contributed by atoms with van der Waals surface area (Å²) in [5.41, 5.74) is 9.81. The average molecular weight is 239 g/mol. The second-order valence-corrected chi connectivity index (χ2v) is 4.90. The van der Waals surface area contributed by atoms with Crippen molar-refractivity contribution < 1.29 is 4.74 Å². The lowest BCUT2D eigenvalue weighted by Crippen LogP contribution is -2.24. The van der Waals surface area contributed by atoms with Gasteiger partial charge in [-0.15, -0.1) is 0 Å². The maximum Gasteiger partial charge on any atom is 0.126 e. The van der Waals surface area contributed by atoms with Crippen molar-refractivity contribution in [2.75, 3.05) is 0 Å².